The number of benzene rings is 1. The molecule has 5 nitrogen and oxygen atoms in total. The van der Waals surface area contributed by atoms with E-state index in [4.69, 9.17) is 0 Å². The van der Waals surface area contributed by atoms with Crippen LogP contribution < -0.4 is 0 Å². The fourth-order valence-corrected chi connectivity index (χ4v) is 2.46. The van der Waals surface area contributed by atoms with Crippen LogP contribution in [-0.4, -0.2) is 27.1 Å². The summed E-state index contributed by atoms with van der Waals surface area (Å²) in [5.74, 6) is -12.2. The summed E-state index contributed by atoms with van der Waals surface area (Å²) >= 11 is 0. The Labute approximate surface area is 160 Å². The van der Waals surface area contributed by atoms with E-state index in [1.54, 1.807) is 0 Å². The molecule has 0 radical (unpaired) electrons. The Hall–Kier alpha value is -2.87. The van der Waals surface area contributed by atoms with Crippen LogP contribution in [0.2, 0.25) is 0 Å². The van der Waals surface area contributed by atoms with Crippen molar-refractivity contribution in [3.05, 3.63) is 56.9 Å². The van der Waals surface area contributed by atoms with Crippen molar-refractivity contribution in [2.75, 3.05) is 0 Å². The lowest BCUT2D eigenvalue weighted by molar-refractivity contribution is -0.385. The summed E-state index contributed by atoms with van der Waals surface area (Å²) in [5.41, 5.74) is -6.25. The largest absolute Gasteiger partial charge is 0.459 e. The molecule has 1 aromatic carbocycles. The highest BCUT2D eigenvalue weighted by molar-refractivity contribution is 5.44. The fraction of sp³-hybridized carbons (Fsp3) is 0.400. The van der Waals surface area contributed by atoms with Gasteiger partial charge in [0.1, 0.15) is 0 Å². The van der Waals surface area contributed by atoms with Crippen molar-refractivity contribution in [1.29, 1.82) is 0 Å². The second-order valence-electron chi connectivity index (χ2n) is 6.05. The van der Waals surface area contributed by atoms with Gasteiger partial charge in [0.15, 0.2) is 5.69 Å². The van der Waals surface area contributed by atoms with Gasteiger partial charge < -0.3 is 0 Å². The topological polar surface area (TPSA) is 61.0 Å². The lowest BCUT2D eigenvalue weighted by Gasteiger charge is -2.23. The summed E-state index contributed by atoms with van der Waals surface area (Å²) in [4.78, 5) is 10.1. The molecule has 166 valence electrons. The van der Waals surface area contributed by atoms with Gasteiger partial charge in [-0.15, -0.1) is 0 Å². The van der Waals surface area contributed by atoms with E-state index in [-0.39, 0.29) is 22.0 Å². The van der Waals surface area contributed by atoms with Gasteiger partial charge in [-0.3, -0.25) is 14.8 Å². The van der Waals surface area contributed by atoms with Crippen molar-refractivity contribution < 1.29 is 48.8 Å². The Kier molecular flexibility index (Phi) is 5.56. The van der Waals surface area contributed by atoms with Crippen LogP contribution >= 0.6 is 0 Å². The van der Waals surface area contributed by atoms with E-state index in [0.717, 1.165) is 25.1 Å². The number of nitro groups is 1. The van der Waals surface area contributed by atoms with E-state index >= 15 is 0 Å². The maximum Gasteiger partial charge on any atom is 0.459 e. The van der Waals surface area contributed by atoms with Crippen LogP contribution in [0.3, 0.4) is 0 Å². The molecule has 2 rings (SSSR count). The monoisotopic (exact) mass is 453 g/mol. The molecule has 1 aromatic heterocycles. The lowest BCUT2D eigenvalue weighted by atomic mass is 10.0. The first-order valence-electron chi connectivity index (χ1n) is 7.61. The van der Waals surface area contributed by atoms with Gasteiger partial charge in [0.2, 0.25) is 0 Å². The fourth-order valence-electron chi connectivity index (χ4n) is 2.46. The Morgan fingerprint density at radius 3 is 1.97 bits per heavy atom. The number of aromatic nitrogens is 2. The van der Waals surface area contributed by atoms with Crippen LogP contribution in [0, 0.1) is 17.0 Å². The molecule has 0 N–H and O–H groups in total. The van der Waals surface area contributed by atoms with Gasteiger partial charge in [-0.1, -0.05) is 12.1 Å². The molecule has 0 aliphatic rings. The van der Waals surface area contributed by atoms with E-state index in [9.17, 15) is 54.0 Å². The van der Waals surface area contributed by atoms with E-state index in [1.807, 2.05) is 0 Å². The third-order valence-corrected chi connectivity index (χ3v) is 4.06. The Bertz CT molecular complexity index is 919. The van der Waals surface area contributed by atoms with Crippen molar-refractivity contribution >= 4 is 5.69 Å². The number of nitro benzene ring substituents is 1. The molecule has 0 spiro atoms. The summed E-state index contributed by atoms with van der Waals surface area (Å²) in [6, 6.07) is 3.25. The zero-order valence-corrected chi connectivity index (χ0v) is 14.5. The zero-order chi connectivity index (χ0) is 23.3. The zero-order valence-electron chi connectivity index (χ0n) is 14.5. The molecule has 2 aromatic rings. The molecule has 0 aliphatic carbocycles. The average Bonchev–Trinajstić information content (AvgIpc) is 2.99. The highest BCUT2D eigenvalue weighted by Crippen LogP contribution is 2.51. The smallest absolute Gasteiger partial charge is 0.267 e. The Morgan fingerprint density at radius 1 is 0.967 bits per heavy atom. The molecule has 0 aliphatic heterocycles. The second kappa shape index (κ2) is 7.12. The number of halogens is 10. The van der Waals surface area contributed by atoms with Crippen molar-refractivity contribution in [3.8, 4) is 0 Å². The predicted molar refractivity (Wildman–Crippen MR) is 79.1 cm³/mol. The predicted octanol–water partition coefficient (Wildman–Crippen LogP) is 5.46. The van der Waals surface area contributed by atoms with Crippen LogP contribution in [0.1, 0.15) is 22.4 Å². The SMILES string of the molecule is Cc1c(Cn2cc(C(F)(F)C(F)(F)F)c(C(F)(F)C(F)(F)F)n2)cccc1[N+](=O)[O-]. The quantitative estimate of drug-likeness (QED) is 0.344. The van der Waals surface area contributed by atoms with E-state index in [2.05, 4.69) is 5.10 Å². The van der Waals surface area contributed by atoms with Crippen LogP contribution in [0.15, 0.2) is 24.4 Å². The van der Waals surface area contributed by atoms with Crippen molar-refractivity contribution in [3.63, 3.8) is 0 Å². The lowest BCUT2D eigenvalue weighted by Crippen LogP contribution is -2.40. The van der Waals surface area contributed by atoms with E-state index in [0.29, 0.717) is 0 Å². The molecule has 0 saturated carbocycles. The first-order valence-corrected chi connectivity index (χ1v) is 7.61. The second-order valence-corrected chi connectivity index (χ2v) is 6.05. The van der Waals surface area contributed by atoms with E-state index < -0.39 is 52.6 Å². The number of alkyl halides is 10. The third-order valence-electron chi connectivity index (χ3n) is 4.06. The maximum atomic E-state index is 13.7. The van der Waals surface area contributed by atoms with Crippen molar-refractivity contribution in [2.45, 2.75) is 37.7 Å². The number of nitrogens with zero attached hydrogens (tertiary/aromatic N) is 3. The molecule has 0 bridgehead atoms. The first-order chi connectivity index (χ1) is 13.4. The highest BCUT2D eigenvalue weighted by atomic mass is 19.4. The minimum absolute atomic E-state index is 0.00995. The van der Waals surface area contributed by atoms with Gasteiger partial charge in [0, 0.05) is 17.8 Å². The summed E-state index contributed by atoms with van der Waals surface area (Å²) in [5, 5.41) is 13.5. The Balaban J connectivity index is 2.67. The molecule has 0 amide bonds. The molecule has 0 fully saturated rings. The van der Waals surface area contributed by atoms with Gasteiger partial charge in [-0.05, 0) is 12.5 Å². The van der Waals surface area contributed by atoms with Gasteiger partial charge in [-0.25, -0.2) is 0 Å². The van der Waals surface area contributed by atoms with Gasteiger partial charge in [0.25, 0.3) is 5.69 Å². The third kappa shape index (κ3) is 3.92. The average molecular weight is 453 g/mol. The molecular weight excluding hydrogens is 444 g/mol. The normalized spacial score (nSPS) is 13.6. The summed E-state index contributed by atoms with van der Waals surface area (Å²) in [6.45, 7) is 0.274. The molecule has 0 saturated heterocycles. The van der Waals surface area contributed by atoms with Crippen molar-refractivity contribution in [1.82, 2.24) is 9.78 Å². The summed E-state index contributed by atoms with van der Waals surface area (Å²) < 4.78 is 130. The number of hydrogen-bond donors (Lipinski definition) is 0. The number of hydrogen-bond acceptors (Lipinski definition) is 3. The molecule has 0 atom stereocenters. The molecule has 0 unspecified atom stereocenters. The Morgan fingerprint density at radius 2 is 1.50 bits per heavy atom. The van der Waals surface area contributed by atoms with Gasteiger partial charge >= 0.3 is 24.2 Å². The minimum Gasteiger partial charge on any atom is -0.267 e. The number of rotatable bonds is 5. The van der Waals surface area contributed by atoms with Crippen LogP contribution in [0.4, 0.5) is 49.6 Å². The van der Waals surface area contributed by atoms with Crippen LogP contribution in [0.5, 0.6) is 0 Å². The summed E-state index contributed by atoms with van der Waals surface area (Å²) in [6.07, 6.45) is -13.3. The highest BCUT2D eigenvalue weighted by Gasteiger charge is 2.67. The van der Waals surface area contributed by atoms with Crippen LogP contribution in [0.25, 0.3) is 0 Å². The van der Waals surface area contributed by atoms with E-state index in [1.165, 1.54) is 0 Å². The van der Waals surface area contributed by atoms with Gasteiger partial charge in [-0.2, -0.15) is 49.0 Å². The molecule has 1 heterocycles. The van der Waals surface area contributed by atoms with Gasteiger partial charge in [0.05, 0.1) is 17.0 Å². The van der Waals surface area contributed by atoms with Crippen molar-refractivity contribution in [2.24, 2.45) is 0 Å². The summed E-state index contributed by atoms with van der Waals surface area (Å²) in [7, 11) is 0. The first kappa shape index (κ1) is 23.4. The molecule has 15 heteroatoms. The molecular formula is C15H9F10N3O2. The standard InChI is InChI=1S/C15H9F10N3O2/c1-7-8(3-2-4-10(7)28(29)30)5-27-6-9(12(16,17)14(20,21)22)11(26-27)13(18,19)15(23,24)25/h2-4,6H,5H2,1H3. The minimum atomic E-state index is -6.51. The maximum absolute atomic E-state index is 13.7. The van der Waals surface area contributed by atoms with Crippen LogP contribution in [-0.2, 0) is 18.4 Å². The molecule has 30 heavy (non-hydrogen) atoms.